The van der Waals surface area contributed by atoms with Gasteiger partial charge in [0.1, 0.15) is 6.61 Å². The van der Waals surface area contributed by atoms with Crippen molar-refractivity contribution < 1.29 is 14.0 Å². The Morgan fingerprint density at radius 1 is 1.32 bits per heavy atom. The van der Waals surface area contributed by atoms with Crippen molar-refractivity contribution >= 4 is 14.4 Å². The van der Waals surface area contributed by atoms with Crippen molar-refractivity contribution in [2.45, 2.75) is 64.0 Å². The van der Waals surface area contributed by atoms with Crippen LogP contribution in [0, 0.1) is 0 Å². The normalized spacial score (nSPS) is 20.3. The monoisotopic (exact) mass is 404 g/mol. The molecule has 156 valence electrons. The summed E-state index contributed by atoms with van der Waals surface area (Å²) in [5.41, 5.74) is 2.34. The van der Waals surface area contributed by atoms with E-state index < -0.39 is 8.32 Å². The second kappa shape index (κ2) is 9.24. The minimum atomic E-state index is -1.91. The van der Waals surface area contributed by atoms with Crippen LogP contribution >= 0.6 is 0 Å². The Kier molecular flexibility index (Phi) is 7.48. The molecule has 0 aliphatic carbocycles. The van der Waals surface area contributed by atoms with E-state index >= 15 is 0 Å². The van der Waals surface area contributed by atoms with Gasteiger partial charge in [-0.05, 0) is 42.7 Å². The Morgan fingerprint density at radius 2 is 1.96 bits per heavy atom. The van der Waals surface area contributed by atoms with Crippen LogP contribution in [0.25, 0.3) is 0 Å². The Balaban J connectivity index is 2.21. The number of ether oxygens (including phenoxy) is 1. The number of rotatable bonds is 7. The lowest BCUT2D eigenvalue weighted by molar-refractivity contribution is 0.103. The summed E-state index contributed by atoms with van der Waals surface area (Å²) in [7, 11) is 0.0224. The molecule has 1 fully saturated rings. The van der Waals surface area contributed by atoms with Crippen molar-refractivity contribution in [2.24, 2.45) is 0 Å². The summed E-state index contributed by atoms with van der Waals surface area (Å²) < 4.78 is 12.0. The Bertz CT molecular complexity index is 667. The van der Waals surface area contributed by atoms with Gasteiger partial charge in [-0.2, -0.15) is 0 Å². The molecule has 0 radical (unpaired) electrons. The van der Waals surface area contributed by atoms with Crippen LogP contribution in [-0.4, -0.2) is 45.6 Å². The maximum absolute atomic E-state index is 12.7. The molecular formula is C22H36N2O3Si. The Hall–Kier alpha value is -1.63. The van der Waals surface area contributed by atoms with Crippen LogP contribution in [0.1, 0.15) is 44.4 Å². The standard InChI is InChI=1S/C22H36N2O3Si/c1-8-13-26-21(25)24-16-19(27-28(6,7)22(2,3)4)14-20(24)18-11-9-17(10-12-18)15-23-5/h8-12,19-20,23H,1,13-16H2,2-7H3/t19-,20-/m1/s1. The van der Waals surface area contributed by atoms with E-state index in [-0.39, 0.29) is 29.9 Å². The van der Waals surface area contributed by atoms with Crippen LogP contribution in [0.2, 0.25) is 18.1 Å². The van der Waals surface area contributed by atoms with E-state index in [0.717, 1.165) is 18.5 Å². The molecule has 1 amide bonds. The van der Waals surface area contributed by atoms with Crippen LogP contribution < -0.4 is 5.32 Å². The van der Waals surface area contributed by atoms with E-state index in [0.29, 0.717) is 6.54 Å². The fourth-order valence-corrected chi connectivity index (χ4v) is 4.63. The fourth-order valence-electron chi connectivity index (χ4n) is 3.27. The van der Waals surface area contributed by atoms with Gasteiger partial charge >= 0.3 is 6.09 Å². The molecule has 0 aromatic heterocycles. The predicted octanol–water partition coefficient (Wildman–Crippen LogP) is 4.87. The molecule has 28 heavy (non-hydrogen) atoms. The van der Waals surface area contributed by atoms with Crippen molar-refractivity contribution in [2.75, 3.05) is 20.2 Å². The van der Waals surface area contributed by atoms with E-state index in [2.05, 4.69) is 70.0 Å². The van der Waals surface area contributed by atoms with Crippen molar-refractivity contribution in [1.29, 1.82) is 0 Å². The van der Waals surface area contributed by atoms with Crippen LogP contribution in [0.15, 0.2) is 36.9 Å². The summed E-state index contributed by atoms with van der Waals surface area (Å²) in [5.74, 6) is 0. The number of nitrogens with one attached hydrogen (secondary N) is 1. The fraction of sp³-hybridized carbons (Fsp3) is 0.591. The molecule has 6 heteroatoms. The number of amides is 1. The SMILES string of the molecule is C=CCOC(=O)N1C[C@H](O[Si](C)(C)C(C)(C)C)C[C@@H]1c1ccc(CNC)cc1. The Morgan fingerprint density at radius 3 is 2.50 bits per heavy atom. The number of nitrogens with zero attached hydrogens (tertiary/aromatic N) is 1. The van der Waals surface area contributed by atoms with Crippen LogP contribution in [-0.2, 0) is 15.7 Å². The van der Waals surface area contributed by atoms with E-state index in [1.54, 1.807) is 6.08 Å². The highest BCUT2D eigenvalue weighted by Gasteiger charge is 2.44. The number of hydrogen-bond acceptors (Lipinski definition) is 4. The lowest BCUT2D eigenvalue weighted by Crippen LogP contribution is -2.44. The highest BCUT2D eigenvalue weighted by Crippen LogP contribution is 2.41. The molecule has 0 saturated carbocycles. The van der Waals surface area contributed by atoms with Gasteiger partial charge in [0.2, 0.25) is 0 Å². The zero-order chi connectivity index (χ0) is 20.9. The van der Waals surface area contributed by atoms with Gasteiger partial charge in [0.25, 0.3) is 0 Å². The second-order valence-electron chi connectivity index (χ2n) is 9.04. The Labute approximate surface area is 171 Å². The van der Waals surface area contributed by atoms with Gasteiger partial charge in [0, 0.05) is 13.1 Å². The van der Waals surface area contributed by atoms with Crippen LogP contribution in [0.5, 0.6) is 0 Å². The lowest BCUT2D eigenvalue weighted by atomic mass is 10.0. The summed E-state index contributed by atoms with van der Waals surface area (Å²) in [5, 5.41) is 3.29. The topological polar surface area (TPSA) is 50.8 Å². The first kappa shape index (κ1) is 22.7. The largest absolute Gasteiger partial charge is 0.445 e. The van der Waals surface area contributed by atoms with Crippen molar-refractivity contribution in [3.8, 4) is 0 Å². The van der Waals surface area contributed by atoms with Gasteiger partial charge in [-0.15, -0.1) is 0 Å². The van der Waals surface area contributed by atoms with Gasteiger partial charge in [0.05, 0.1) is 12.1 Å². The van der Waals surface area contributed by atoms with E-state index in [9.17, 15) is 4.79 Å². The molecule has 1 aliphatic rings. The maximum atomic E-state index is 12.7. The van der Waals surface area contributed by atoms with E-state index in [1.807, 2.05) is 11.9 Å². The first-order chi connectivity index (χ1) is 13.1. The molecule has 2 atom stereocenters. The summed E-state index contributed by atoms with van der Waals surface area (Å²) in [6.45, 7) is 16.5. The molecule has 1 N–H and O–H groups in total. The molecular weight excluding hydrogens is 368 g/mol. The third kappa shape index (κ3) is 5.46. The van der Waals surface area contributed by atoms with Crippen LogP contribution in [0.4, 0.5) is 4.79 Å². The molecule has 5 nitrogen and oxygen atoms in total. The average Bonchev–Trinajstić information content (AvgIpc) is 3.03. The van der Waals surface area contributed by atoms with Crippen molar-refractivity contribution in [3.05, 3.63) is 48.0 Å². The highest BCUT2D eigenvalue weighted by molar-refractivity contribution is 6.74. The third-order valence-corrected chi connectivity index (χ3v) is 10.4. The molecule has 1 heterocycles. The summed E-state index contributed by atoms with van der Waals surface area (Å²) >= 11 is 0. The zero-order valence-electron chi connectivity index (χ0n) is 18.2. The second-order valence-corrected chi connectivity index (χ2v) is 13.8. The molecule has 1 aromatic rings. The smallest absolute Gasteiger partial charge is 0.410 e. The first-order valence-corrected chi connectivity index (χ1v) is 13.0. The van der Waals surface area contributed by atoms with Crippen LogP contribution in [0.3, 0.4) is 0 Å². The van der Waals surface area contributed by atoms with Gasteiger partial charge in [0.15, 0.2) is 8.32 Å². The van der Waals surface area contributed by atoms with E-state index in [4.69, 9.17) is 9.16 Å². The molecule has 0 unspecified atom stereocenters. The minimum absolute atomic E-state index is 0.0270. The molecule has 0 bridgehead atoms. The summed E-state index contributed by atoms with van der Waals surface area (Å²) in [6, 6.07) is 8.41. The molecule has 0 spiro atoms. The van der Waals surface area contributed by atoms with Gasteiger partial charge in [-0.1, -0.05) is 57.7 Å². The molecule has 1 aliphatic heterocycles. The number of benzene rings is 1. The molecule has 1 aromatic carbocycles. The highest BCUT2D eigenvalue weighted by atomic mass is 28.4. The van der Waals surface area contributed by atoms with Gasteiger partial charge < -0.3 is 14.5 Å². The number of carbonyl (C=O) groups is 1. The molecule has 2 rings (SSSR count). The minimum Gasteiger partial charge on any atom is -0.445 e. The van der Waals surface area contributed by atoms with Crippen molar-refractivity contribution in [1.82, 2.24) is 10.2 Å². The summed E-state index contributed by atoms with van der Waals surface area (Å²) in [4.78, 5) is 14.5. The summed E-state index contributed by atoms with van der Waals surface area (Å²) in [6.07, 6.45) is 2.12. The number of carbonyl (C=O) groups excluding carboxylic acids is 1. The third-order valence-electron chi connectivity index (χ3n) is 5.83. The quantitative estimate of drug-likeness (QED) is 0.520. The van der Waals surface area contributed by atoms with Gasteiger partial charge in [-0.25, -0.2) is 4.79 Å². The predicted molar refractivity (Wildman–Crippen MR) is 117 cm³/mol. The number of likely N-dealkylation sites (tertiary alicyclic amines) is 1. The maximum Gasteiger partial charge on any atom is 0.410 e. The van der Waals surface area contributed by atoms with Gasteiger partial charge in [-0.3, -0.25) is 4.90 Å². The zero-order valence-corrected chi connectivity index (χ0v) is 19.2. The lowest BCUT2D eigenvalue weighted by Gasteiger charge is -2.38. The first-order valence-electron chi connectivity index (χ1n) is 10.0. The van der Waals surface area contributed by atoms with E-state index in [1.165, 1.54) is 5.56 Å². The van der Waals surface area contributed by atoms with Crippen molar-refractivity contribution in [3.63, 3.8) is 0 Å². The number of hydrogen-bond donors (Lipinski definition) is 1. The average molecular weight is 405 g/mol. The molecule has 1 saturated heterocycles.